The second-order valence-corrected chi connectivity index (χ2v) is 26.2. The van der Waals surface area contributed by atoms with E-state index in [2.05, 4.69) is 78.8 Å². The molecule has 9 aromatic rings. The number of aryl methyl sites for hydroxylation is 2. The first-order valence-corrected chi connectivity index (χ1v) is 34.5. The fraction of sp³-hybridized carbons (Fsp3) is 0.289. The third-order valence-electron chi connectivity index (χ3n) is 18.1. The summed E-state index contributed by atoms with van der Waals surface area (Å²) in [6.07, 6.45) is -10.8. The fourth-order valence-corrected chi connectivity index (χ4v) is 12.2. The highest BCUT2D eigenvalue weighted by atomic mass is 19.4. The Hall–Kier alpha value is -12.8. The molecule has 592 valence electrons. The number of ether oxygens (including phenoxy) is 5. The van der Waals surface area contributed by atoms with Gasteiger partial charge < -0.3 is 69.9 Å². The van der Waals surface area contributed by atoms with Crippen LogP contribution in [0.25, 0.3) is 0 Å². The van der Waals surface area contributed by atoms with E-state index in [-0.39, 0.29) is 93.1 Å². The van der Waals surface area contributed by atoms with E-state index in [1.54, 1.807) is 102 Å². The zero-order chi connectivity index (χ0) is 81.4. The van der Waals surface area contributed by atoms with Gasteiger partial charge in [-0.15, -0.1) is 0 Å². The number of hydrogen-bond donors (Lipinski definition) is 6. The molecule has 1 saturated heterocycles. The van der Waals surface area contributed by atoms with E-state index in [9.17, 15) is 68.3 Å². The van der Waals surface area contributed by atoms with E-state index in [4.69, 9.17) is 23.7 Å². The summed E-state index contributed by atoms with van der Waals surface area (Å²) in [5.41, 5.74) is 4.77. The van der Waals surface area contributed by atoms with Gasteiger partial charge in [0.05, 0.1) is 43.2 Å². The third kappa shape index (κ3) is 19.2. The number of nitrogens with one attached hydrogen (secondary N) is 6. The average Bonchev–Trinajstić information content (AvgIpc) is 1.72. The lowest BCUT2D eigenvalue weighted by atomic mass is 10.0. The molecule has 0 aliphatic carbocycles. The number of nitrogens with zero attached hydrogens (tertiary/aromatic N) is 10. The number of rotatable bonds is 21. The minimum atomic E-state index is -4.82. The molecule has 13 rings (SSSR count). The van der Waals surface area contributed by atoms with Crippen molar-refractivity contribution in [1.29, 1.82) is 0 Å². The monoisotopic (exact) mass is 1570 g/mol. The second kappa shape index (κ2) is 34.2. The normalized spacial score (nSPS) is 14.0. The molecule has 4 aliphatic heterocycles. The molecule has 4 aliphatic rings. The zero-order valence-electron chi connectivity index (χ0n) is 61.8. The van der Waals surface area contributed by atoms with Crippen LogP contribution in [0.2, 0.25) is 0 Å². The van der Waals surface area contributed by atoms with Crippen molar-refractivity contribution >= 4 is 70.4 Å². The minimum Gasteiger partial charge on any atom is -0.495 e. The number of hydroxylamine groups is 1. The molecule has 7 heterocycles. The van der Waals surface area contributed by atoms with E-state index in [0.29, 0.717) is 113 Å². The number of anilines is 6. The van der Waals surface area contributed by atoms with Crippen molar-refractivity contribution in [3.05, 3.63) is 206 Å². The lowest BCUT2D eigenvalue weighted by Gasteiger charge is -2.29. The van der Waals surface area contributed by atoms with Crippen molar-refractivity contribution in [2.75, 3.05) is 91.7 Å². The number of piperidine rings is 1. The maximum absolute atomic E-state index is 13.8. The van der Waals surface area contributed by atoms with Gasteiger partial charge in [0.15, 0.2) is 0 Å². The number of halogens is 9. The standard InChI is InChI=1S/C28H29F3N6O3.C25H24F3N5O5.C23H20F3N5O4/c1-16-13-17(24(38)33-19-9-11-36(2)12-10-19)7-8-21(16)34-27-32-14-20(28(29,30)31)25(35-27)40-22-6-4-5-18-15-37(3)26(39)23(18)22;1-33-13-15-5-4-6-18(20(15)23(33)35)38-22-16(25(26,27)28)12-30-24(32-22)31-17-8-7-14(11-19(17)37-3)21(34)29-9-10-36-2;1-12-9-13(19(32)30-34-3)7-8-16(12)28-22-27-10-15(23(24,25)26)20(29-22)35-17-6-4-5-14-11-31(2)21(33)18(14)17/h4-8,13-14,19H,9-12,15H2,1-3H3,(H,33,38)(H,32,34,35);4-8,11-12H,9-10,13H2,1-3H3,(H,29,34)(H,30,31,32);4-10H,11H2,1-3H3,(H,30,32)(H,27,28,29). The largest absolute Gasteiger partial charge is 0.495 e. The minimum absolute atomic E-state index is 0.0156. The molecular weight excluding hydrogens is 1500 g/mol. The molecule has 6 aromatic carbocycles. The van der Waals surface area contributed by atoms with Gasteiger partial charge in [-0.3, -0.25) is 33.6 Å². The molecule has 113 heavy (non-hydrogen) atoms. The molecule has 1 fully saturated rings. The van der Waals surface area contributed by atoms with E-state index in [1.807, 2.05) is 0 Å². The summed E-state index contributed by atoms with van der Waals surface area (Å²) >= 11 is 0. The van der Waals surface area contributed by atoms with E-state index in [1.165, 1.54) is 78.5 Å². The Morgan fingerprint density at radius 3 is 1.21 bits per heavy atom. The van der Waals surface area contributed by atoms with Crippen molar-refractivity contribution < 1.29 is 96.8 Å². The lowest BCUT2D eigenvalue weighted by molar-refractivity contribution is -0.140. The quantitative estimate of drug-likeness (QED) is 0.0221. The van der Waals surface area contributed by atoms with Crippen LogP contribution in [0.1, 0.15) is 119 Å². The summed E-state index contributed by atoms with van der Waals surface area (Å²) < 4.78 is 151. The Kier molecular flexibility index (Phi) is 24.6. The molecule has 6 amide bonds. The first kappa shape index (κ1) is 81.2. The Morgan fingerprint density at radius 1 is 0.478 bits per heavy atom. The van der Waals surface area contributed by atoms with Crippen molar-refractivity contribution in [2.24, 2.45) is 0 Å². The van der Waals surface area contributed by atoms with Gasteiger partial charge >= 0.3 is 18.5 Å². The molecule has 37 heteroatoms. The topological polar surface area (TPSA) is 320 Å². The molecule has 6 N–H and O–H groups in total. The number of aromatic nitrogens is 6. The summed E-state index contributed by atoms with van der Waals surface area (Å²) in [6.45, 7) is 6.94. The van der Waals surface area contributed by atoms with Gasteiger partial charge in [-0.05, 0) is 147 Å². The van der Waals surface area contributed by atoms with Crippen LogP contribution < -0.4 is 51.0 Å². The van der Waals surface area contributed by atoms with Crippen molar-refractivity contribution in [1.82, 2.24) is 65.6 Å². The molecule has 0 radical (unpaired) electrons. The number of carbonyl (C=O) groups is 6. The van der Waals surface area contributed by atoms with Crippen LogP contribution in [0.15, 0.2) is 128 Å². The summed E-state index contributed by atoms with van der Waals surface area (Å²) in [5, 5.41) is 14.3. The number of amides is 6. The summed E-state index contributed by atoms with van der Waals surface area (Å²) in [5.74, 6) is -4.71. The fourth-order valence-electron chi connectivity index (χ4n) is 12.2. The first-order valence-electron chi connectivity index (χ1n) is 34.5. The SMILES string of the molecule is COCCNC(=O)c1ccc(Nc2ncc(C(F)(F)F)c(Oc3cccc4c3C(=O)N(C)C4)n2)c(OC)c1.CONC(=O)c1ccc(Nc2ncc(C(F)(F)F)c(Oc3cccc4c3C(=O)N(C)C4)n2)c(C)c1.Cc1cc(C(=O)NC2CCN(C)CC2)ccc1Nc1ncc(C(F)(F)F)c(Oc2cccc3c2C(=O)N(C)C3)n1. The van der Waals surface area contributed by atoms with Gasteiger partial charge in [0.2, 0.25) is 35.5 Å². The van der Waals surface area contributed by atoms with Crippen molar-refractivity contribution in [2.45, 2.75) is 70.9 Å². The molecule has 0 saturated carbocycles. The molecule has 0 atom stereocenters. The third-order valence-corrected chi connectivity index (χ3v) is 18.1. The first-order chi connectivity index (χ1) is 53.7. The van der Waals surface area contributed by atoms with Crippen molar-refractivity contribution in [3.8, 4) is 40.6 Å². The number of alkyl halides is 9. The van der Waals surface area contributed by atoms with Crippen LogP contribution in [-0.2, 0) is 47.7 Å². The summed E-state index contributed by atoms with van der Waals surface area (Å²) in [4.78, 5) is 109. The Bertz CT molecular complexity index is 5120. The number of carbonyl (C=O) groups excluding carboxylic acids is 6. The van der Waals surface area contributed by atoms with Crippen LogP contribution in [0.3, 0.4) is 0 Å². The number of benzene rings is 6. The maximum atomic E-state index is 13.8. The Morgan fingerprint density at radius 2 is 0.850 bits per heavy atom. The number of hydrogen-bond acceptors (Lipinski definition) is 22. The van der Waals surface area contributed by atoms with E-state index >= 15 is 0 Å². The van der Waals surface area contributed by atoms with Gasteiger partial charge in [-0.25, -0.2) is 20.4 Å². The van der Waals surface area contributed by atoms with E-state index < -0.39 is 58.8 Å². The highest BCUT2D eigenvalue weighted by Crippen LogP contribution is 2.44. The lowest BCUT2D eigenvalue weighted by Crippen LogP contribution is -2.43. The van der Waals surface area contributed by atoms with Gasteiger partial charge in [-0.2, -0.15) is 54.5 Å². The van der Waals surface area contributed by atoms with Gasteiger partial charge in [0.25, 0.3) is 35.4 Å². The Balaban J connectivity index is 0.000000168. The summed E-state index contributed by atoms with van der Waals surface area (Å²) in [6, 6.07) is 28.4. The number of methoxy groups -OCH3 is 2. The van der Waals surface area contributed by atoms with Crippen LogP contribution in [0.5, 0.6) is 40.6 Å². The Labute approximate surface area is 639 Å². The molecule has 0 bridgehead atoms. The highest BCUT2D eigenvalue weighted by Gasteiger charge is 2.41. The molecular formula is C76H73F9N16O12. The predicted molar refractivity (Wildman–Crippen MR) is 390 cm³/mol. The van der Waals surface area contributed by atoms with Gasteiger partial charge in [0, 0.05) is 107 Å². The van der Waals surface area contributed by atoms with Crippen LogP contribution in [-0.4, -0.2) is 167 Å². The average molecular weight is 1570 g/mol. The van der Waals surface area contributed by atoms with E-state index in [0.717, 1.165) is 25.9 Å². The molecule has 0 spiro atoms. The zero-order valence-corrected chi connectivity index (χ0v) is 61.8. The van der Waals surface area contributed by atoms with Crippen LogP contribution in [0, 0.1) is 13.8 Å². The van der Waals surface area contributed by atoms with Gasteiger partial charge in [-0.1, -0.05) is 36.4 Å². The molecule has 0 unspecified atom stereocenters. The maximum Gasteiger partial charge on any atom is 0.423 e. The van der Waals surface area contributed by atoms with Gasteiger partial charge in [0.1, 0.15) is 39.7 Å². The van der Waals surface area contributed by atoms with Crippen LogP contribution >= 0.6 is 0 Å². The predicted octanol–water partition coefficient (Wildman–Crippen LogP) is 13.0. The smallest absolute Gasteiger partial charge is 0.423 e. The second-order valence-electron chi connectivity index (χ2n) is 26.2. The number of likely N-dealkylation sites (tertiary alicyclic amines) is 1. The summed E-state index contributed by atoms with van der Waals surface area (Å²) in [7, 11) is 11.0. The number of fused-ring (bicyclic) bond motifs is 3. The van der Waals surface area contributed by atoms with Crippen LogP contribution in [0.4, 0.5) is 74.4 Å². The highest BCUT2D eigenvalue weighted by molar-refractivity contribution is 6.03. The molecule has 28 nitrogen and oxygen atoms in total. The molecule has 3 aromatic heterocycles. The van der Waals surface area contributed by atoms with Crippen molar-refractivity contribution in [3.63, 3.8) is 0 Å².